The minimum atomic E-state index is 0.315. The molecule has 1 aromatic carbocycles. The number of rotatable bonds is 7. The molecule has 2 heteroatoms. The Bertz CT molecular complexity index is 368. The average molecular weight is 282 g/mol. The minimum absolute atomic E-state index is 0.315. The van der Waals surface area contributed by atoms with E-state index in [0.29, 0.717) is 11.5 Å². The van der Waals surface area contributed by atoms with Crippen LogP contribution < -0.4 is 5.32 Å². The van der Waals surface area contributed by atoms with Gasteiger partial charge in [-0.25, -0.2) is 0 Å². The largest absolute Gasteiger partial charge is 0.313 e. The average Bonchev–Trinajstić information content (AvgIpc) is 2.34. The molecular formula is C17H28ClN. The summed E-state index contributed by atoms with van der Waals surface area (Å²) >= 11 is 6.20. The highest BCUT2D eigenvalue weighted by Gasteiger charge is 2.23. The summed E-state index contributed by atoms with van der Waals surface area (Å²) in [5.41, 5.74) is 1.59. The monoisotopic (exact) mass is 281 g/mol. The van der Waals surface area contributed by atoms with Gasteiger partial charge in [-0.3, -0.25) is 0 Å². The first kappa shape index (κ1) is 16.5. The normalized spacial score (nSPS) is 13.5. The lowest BCUT2D eigenvalue weighted by molar-refractivity contribution is 0.251. The van der Waals surface area contributed by atoms with Gasteiger partial charge in [-0.15, -0.1) is 0 Å². The number of hydrogen-bond acceptors (Lipinski definition) is 1. The third kappa shape index (κ3) is 5.97. The second kappa shape index (κ2) is 7.91. The fraction of sp³-hybridized carbons (Fsp3) is 0.647. The van der Waals surface area contributed by atoms with Gasteiger partial charge in [0, 0.05) is 11.1 Å². The molecule has 0 bridgehead atoms. The molecule has 0 aromatic heterocycles. The standard InChI is InChI=1S/C17H28ClN/c1-5-13-19-16(17(2,3)4)12-8-10-14-9-6-7-11-15(14)18/h6-7,9,11,16,19H,5,8,10,12-13H2,1-4H3. The first-order valence-corrected chi connectivity index (χ1v) is 7.79. The van der Waals surface area contributed by atoms with Crippen LogP contribution in [-0.2, 0) is 6.42 Å². The van der Waals surface area contributed by atoms with E-state index in [1.807, 2.05) is 12.1 Å². The lowest BCUT2D eigenvalue weighted by Gasteiger charge is -2.32. The highest BCUT2D eigenvalue weighted by molar-refractivity contribution is 6.31. The van der Waals surface area contributed by atoms with Crippen LogP contribution >= 0.6 is 11.6 Å². The van der Waals surface area contributed by atoms with Crippen LogP contribution in [0.2, 0.25) is 5.02 Å². The van der Waals surface area contributed by atoms with Crippen LogP contribution in [0.25, 0.3) is 0 Å². The maximum absolute atomic E-state index is 6.20. The Morgan fingerprint density at radius 1 is 1.21 bits per heavy atom. The third-order valence-corrected chi connectivity index (χ3v) is 3.95. The molecular weight excluding hydrogens is 254 g/mol. The highest BCUT2D eigenvalue weighted by atomic mass is 35.5. The Hall–Kier alpha value is -0.530. The maximum atomic E-state index is 6.20. The lowest BCUT2D eigenvalue weighted by atomic mass is 9.83. The van der Waals surface area contributed by atoms with E-state index in [-0.39, 0.29) is 0 Å². The first-order chi connectivity index (χ1) is 8.95. The summed E-state index contributed by atoms with van der Waals surface area (Å²) in [6.45, 7) is 10.3. The number of aryl methyl sites for hydroxylation is 1. The quantitative estimate of drug-likeness (QED) is 0.735. The van der Waals surface area contributed by atoms with Gasteiger partial charge in [-0.05, 0) is 49.3 Å². The van der Waals surface area contributed by atoms with E-state index in [9.17, 15) is 0 Å². The molecule has 1 nitrogen and oxygen atoms in total. The van der Waals surface area contributed by atoms with Gasteiger partial charge in [0.1, 0.15) is 0 Å². The van der Waals surface area contributed by atoms with Crippen LogP contribution in [0.1, 0.15) is 52.5 Å². The molecule has 1 atom stereocenters. The second-order valence-corrected chi connectivity index (χ2v) is 6.76. The van der Waals surface area contributed by atoms with Gasteiger partial charge in [0.15, 0.2) is 0 Å². The Morgan fingerprint density at radius 3 is 2.47 bits per heavy atom. The summed E-state index contributed by atoms with van der Waals surface area (Å²) in [6.07, 6.45) is 4.65. The number of hydrogen-bond donors (Lipinski definition) is 1. The molecule has 0 spiro atoms. The Labute approximate surface area is 123 Å². The van der Waals surface area contributed by atoms with Gasteiger partial charge >= 0.3 is 0 Å². The molecule has 19 heavy (non-hydrogen) atoms. The Kier molecular flexibility index (Phi) is 6.88. The molecule has 1 rings (SSSR count). The second-order valence-electron chi connectivity index (χ2n) is 6.36. The van der Waals surface area contributed by atoms with Crippen molar-refractivity contribution in [3.05, 3.63) is 34.9 Å². The fourth-order valence-electron chi connectivity index (χ4n) is 2.36. The molecule has 0 aliphatic heterocycles. The fourth-order valence-corrected chi connectivity index (χ4v) is 2.59. The van der Waals surface area contributed by atoms with Crippen molar-refractivity contribution in [2.45, 2.75) is 59.4 Å². The van der Waals surface area contributed by atoms with Crippen molar-refractivity contribution >= 4 is 11.6 Å². The highest BCUT2D eigenvalue weighted by Crippen LogP contribution is 2.24. The van der Waals surface area contributed by atoms with Gasteiger partial charge in [-0.2, -0.15) is 0 Å². The predicted molar refractivity (Wildman–Crippen MR) is 85.9 cm³/mol. The zero-order valence-corrected chi connectivity index (χ0v) is 13.6. The molecule has 0 aliphatic rings. The molecule has 1 unspecified atom stereocenters. The Morgan fingerprint density at radius 2 is 1.89 bits per heavy atom. The molecule has 0 radical (unpaired) electrons. The molecule has 0 amide bonds. The van der Waals surface area contributed by atoms with Gasteiger partial charge in [0.25, 0.3) is 0 Å². The van der Waals surface area contributed by atoms with Crippen molar-refractivity contribution in [2.24, 2.45) is 5.41 Å². The molecule has 0 aliphatic carbocycles. The van der Waals surface area contributed by atoms with Crippen molar-refractivity contribution < 1.29 is 0 Å². The van der Waals surface area contributed by atoms with Crippen LogP contribution in [0, 0.1) is 5.41 Å². The van der Waals surface area contributed by atoms with Gasteiger partial charge in [-0.1, -0.05) is 57.5 Å². The summed E-state index contributed by atoms with van der Waals surface area (Å²) in [7, 11) is 0. The van der Waals surface area contributed by atoms with E-state index in [0.717, 1.165) is 18.0 Å². The zero-order valence-electron chi connectivity index (χ0n) is 12.8. The number of benzene rings is 1. The van der Waals surface area contributed by atoms with Crippen LogP contribution in [0.3, 0.4) is 0 Å². The van der Waals surface area contributed by atoms with Crippen LogP contribution in [-0.4, -0.2) is 12.6 Å². The summed E-state index contributed by atoms with van der Waals surface area (Å²) in [4.78, 5) is 0. The summed E-state index contributed by atoms with van der Waals surface area (Å²) in [5.74, 6) is 0. The summed E-state index contributed by atoms with van der Waals surface area (Å²) in [6, 6.07) is 8.75. The van der Waals surface area contributed by atoms with E-state index in [4.69, 9.17) is 11.6 Å². The van der Waals surface area contributed by atoms with E-state index >= 15 is 0 Å². The van der Waals surface area contributed by atoms with Crippen molar-refractivity contribution in [1.82, 2.24) is 5.32 Å². The molecule has 0 saturated carbocycles. The molecule has 1 N–H and O–H groups in total. The zero-order chi connectivity index (χ0) is 14.3. The Balaban J connectivity index is 2.46. The molecule has 108 valence electrons. The van der Waals surface area contributed by atoms with E-state index in [1.165, 1.54) is 24.8 Å². The number of nitrogens with one attached hydrogen (secondary N) is 1. The van der Waals surface area contributed by atoms with Gasteiger partial charge in [0.05, 0.1) is 0 Å². The molecule has 1 aromatic rings. The molecule has 0 fully saturated rings. The molecule has 0 saturated heterocycles. The van der Waals surface area contributed by atoms with Crippen LogP contribution in [0.4, 0.5) is 0 Å². The van der Waals surface area contributed by atoms with Crippen molar-refractivity contribution in [1.29, 1.82) is 0 Å². The minimum Gasteiger partial charge on any atom is -0.313 e. The van der Waals surface area contributed by atoms with Crippen molar-refractivity contribution in [3.8, 4) is 0 Å². The van der Waals surface area contributed by atoms with Crippen LogP contribution in [0.5, 0.6) is 0 Å². The van der Waals surface area contributed by atoms with Crippen molar-refractivity contribution in [3.63, 3.8) is 0 Å². The lowest BCUT2D eigenvalue weighted by Crippen LogP contribution is -2.40. The van der Waals surface area contributed by atoms with Crippen LogP contribution in [0.15, 0.2) is 24.3 Å². The summed E-state index contributed by atoms with van der Waals surface area (Å²) < 4.78 is 0. The molecule has 0 heterocycles. The van der Waals surface area contributed by atoms with E-state index < -0.39 is 0 Å². The smallest absolute Gasteiger partial charge is 0.0437 e. The summed E-state index contributed by atoms with van der Waals surface area (Å²) in [5, 5.41) is 4.58. The van der Waals surface area contributed by atoms with Crippen molar-refractivity contribution in [2.75, 3.05) is 6.54 Å². The van der Waals surface area contributed by atoms with Gasteiger partial charge in [0.2, 0.25) is 0 Å². The first-order valence-electron chi connectivity index (χ1n) is 7.42. The third-order valence-electron chi connectivity index (χ3n) is 3.58. The topological polar surface area (TPSA) is 12.0 Å². The predicted octanol–water partition coefficient (Wildman–Crippen LogP) is 5.08. The number of halogens is 1. The SMILES string of the molecule is CCCNC(CCCc1ccccc1Cl)C(C)(C)C. The van der Waals surface area contributed by atoms with E-state index in [2.05, 4.69) is 45.1 Å². The maximum Gasteiger partial charge on any atom is 0.0437 e. The van der Waals surface area contributed by atoms with E-state index in [1.54, 1.807) is 0 Å². The van der Waals surface area contributed by atoms with Gasteiger partial charge < -0.3 is 5.32 Å².